The lowest BCUT2D eigenvalue weighted by Crippen LogP contribution is -2.61. The molecule has 0 spiro atoms. The maximum atomic E-state index is 12.6. The van der Waals surface area contributed by atoms with E-state index in [1.165, 1.54) is 6.07 Å². The molecule has 8 nitrogen and oxygen atoms in total. The Morgan fingerprint density at radius 3 is 2.44 bits per heavy atom. The SMILES string of the molecule is O=C(NC1CN(C(=O)c2cc(C3CC3)[nH]c(=O)c2)C1)c1cc(C2CC2)[nH]n1. The first kappa shape index (κ1) is 16.3. The predicted molar refractivity (Wildman–Crippen MR) is 96.8 cm³/mol. The van der Waals surface area contributed by atoms with Crippen molar-refractivity contribution < 1.29 is 9.59 Å². The van der Waals surface area contributed by atoms with E-state index in [4.69, 9.17) is 0 Å². The summed E-state index contributed by atoms with van der Waals surface area (Å²) < 4.78 is 0. The molecule has 0 radical (unpaired) electrons. The van der Waals surface area contributed by atoms with Crippen molar-refractivity contribution >= 4 is 11.8 Å². The first-order valence-electron chi connectivity index (χ1n) is 9.46. The van der Waals surface area contributed by atoms with Crippen LogP contribution in [-0.4, -0.2) is 51.0 Å². The van der Waals surface area contributed by atoms with Gasteiger partial charge in [0.1, 0.15) is 5.69 Å². The van der Waals surface area contributed by atoms with E-state index >= 15 is 0 Å². The Morgan fingerprint density at radius 1 is 1.04 bits per heavy atom. The van der Waals surface area contributed by atoms with Crippen LogP contribution in [0.1, 0.15) is 69.8 Å². The highest BCUT2D eigenvalue weighted by Crippen LogP contribution is 2.39. The minimum Gasteiger partial charge on any atom is -0.344 e. The molecule has 2 aliphatic carbocycles. The Hall–Kier alpha value is -2.90. The molecule has 3 aliphatic rings. The third-order valence-corrected chi connectivity index (χ3v) is 5.48. The molecule has 0 bridgehead atoms. The second-order valence-corrected chi connectivity index (χ2v) is 7.83. The molecule has 0 aromatic carbocycles. The van der Waals surface area contributed by atoms with Crippen LogP contribution >= 0.6 is 0 Å². The van der Waals surface area contributed by atoms with E-state index in [0.717, 1.165) is 37.1 Å². The number of likely N-dealkylation sites (tertiary alicyclic amines) is 1. The smallest absolute Gasteiger partial charge is 0.272 e. The normalized spacial score (nSPS) is 19.6. The number of H-pyrrole nitrogens is 2. The summed E-state index contributed by atoms with van der Waals surface area (Å²) in [7, 11) is 0. The number of hydrogen-bond donors (Lipinski definition) is 3. The highest BCUT2D eigenvalue weighted by molar-refractivity contribution is 5.96. The first-order valence-corrected chi connectivity index (χ1v) is 9.46. The molecule has 8 heteroatoms. The number of hydrogen-bond acceptors (Lipinski definition) is 4. The summed E-state index contributed by atoms with van der Waals surface area (Å²) in [4.78, 5) is 41.2. The number of rotatable bonds is 5. The minimum absolute atomic E-state index is 0.0903. The predicted octanol–water partition coefficient (Wildman–Crippen LogP) is 1.11. The van der Waals surface area contributed by atoms with Gasteiger partial charge >= 0.3 is 0 Å². The van der Waals surface area contributed by atoms with Gasteiger partial charge < -0.3 is 15.2 Å². The Kier molecular flexibility index (Phi) is 3.66. The van der Waals surface area contributed by atoms with Gasteiger partial charge in [0.05, 0.1) is 6.04 Å². The molecule has 1 saturated heterocycles. The molecule has 140 valence electrons. The zero-order chi connectivity index (χ0) is 18.5. The number of amides is 2. The number of carbonyl (C=O) groups is 2. The van der Waals surface area contributed by atoms with Crippen molar-refractivity contribution in [1.29, 1.82) is 0 Å². The molecule has 27 heavy (non-hydrogen) atoms. The molecule has 2 aromatic heterocycles. The van der Waals surface area contributed by atoms with Crippen molar-refractivity contribution in [2.24, 2.45) is 0 Å². The van der Waals surface area contributed by atoms with Gasteiger partial charge in [0.25, 0.3) is 11.8 Å². The van der Waals surface area contributed by atoms with E-state index in [-0.39, 0.29) is 23.4 Å². The van der Waals surface area contributed by atoms with E-state index in [2.05, 4.69) is 20.5 Å². The van der Waals surface area contributed by atoms with E-state index in [1.54, 1.807) is 11.0 Å². The third-order valence-electron chi connectivity index (χ3n) is 5.48. The van der Waals surface area contributed by atoms with E-state index in [0.29, 0.717) is 36.2 Å². The molecular weight excluding hydrogens is 346 g/mol. The lowest BCUT2D eigenvalue weighted by atomic mass is 10.1. The number of nitrogens with one attached hydrogen (secondary N) is 3. The summed E-state index contributed by atoms with van der Waals surface area (Å²) in [6.45, 7) is 0.881. The lowest BCUT2D eigenvalue weighted by molar-refractivity contribution is 0.0541. The van der Waals surface area contributed by atoms with Crippen molar-refractivity contribution in [3.63, 3.8) is 0 Å². The quantitative estimate of drug-likeness (QED) is 0.735. The van der Waals surface area contributed by atoms with Gasteiger partial charge in [-0.2, -0.15) is 5.10 Å². The van der Waals surface area contributed by atoms with Crippen molar-refractivity contribution in [2.75, 3.05) is 13.1 Å². The molecule has 0 atom stereocenters. The van der Waals surface area contributed by atoms with Crippen LogP contribution in [0, 0.1) is 0 Å². The fourth-order valence-electron chi connectivity index (χ4n) is 3.54. The molecule has 5 rings (SSSR count). The molecule has 1 aliphatic heterocycles. The average Bonchev–Trinajstić information content (AvgIpc) is 3.54. The van der Waals surface area contributed by atoms with Crippen LogP contribution in [0.15, 0.2) is 23.0 Å². The highest BCUT2D eigenvalue weighted by Gasteiger charge is 2.34. The topological polar surface area (TPSA) is 111 Å². The standard InChI is InChI=1S/C19H21N5O3/c25-17-6-12(5-14(21-17)10-1-2-10)19(27)24-8-13(9-24)20-18(26)16-7-15(22-23-16)11-3-4-11/h5-7,10-11,13H,1-4,8-9H2,(H,20,26)(H,21,25)(H,22,23). The molecular formula is C19H21N5O3. The summed E-state index contributed by atoms with van der Waals surface area (Å²) in [5.41, 5.74) is 2.45. The number of carbonyl (C=O) groups excluding carboxylic acids is 2. The van der Waals surface area contributed by atoms with E-state index in [9.17, 15) is 14.4 Å². The van der Waals surface area contributed by atoms with E-state index in [1.807, 2.05) is 6.07 Å². The average molecular weight is 367 g/mol. The second-order valence-electron chi connectivity index (χ2n) is 7.83. The van der Waals surface area contributed by atoms with Gasteiger partial charge in [-0.15, -0.1) is 0 Å². The molecule has 0 unspecified atom stereocenters. The van der Waals surface area contributed by atoms with Gasteiger partial charge in [0, 0.05) is 42.0 Å². The van der Waals surface area contributed by atoms with Crippen molar-refractivity contribution in [3.8, 4) is 0 Å². The number of nitrogens with zero attached hydrogens (tertiary/aromatic N) is 2. The first-order chi connectivity index (χ1) is 13.1. The van der Waals surface area contributed by atoms with Gasteiger partial charge in [0.15, 0.2) is 0 Å². The van der Waals surface area contributed by atoms with Crippen LogP contribution in [-0.2, 0) is 0 Å². The lowest BCUT2D eigenvalue weighted by Gasteiger charge is -2.39. The van der Waals surface area contributed by atoms with Crippen LogP contribution in [0.3, 0.4) is 0 Å². The summed E-state index contributed by atoms with van der Waals surface area (Å²) in [6.07, 6.45) is 4.41. The molecule has 3 fully saturated rings. The van der Waals surface area contributed by atoms with Crippen LogP contribution in [0.4, 0.5) is 0 Å². The summed E-state index contributed by atoms with van der Waals surface area (Å²) >= 11 is 0. The van der Waals surface area contributed by atoms with Gasteiger partial charge in [-0.25, -0.2) is 0 Å². The van der Waals surface area contributed by atoms with Gasteiger partial charge in [0.2, 0.25) is 5.56 Å². The molecule has 3 heterocycles. The minimum atomic E-state index is -0.238. The zero-order valence-corrected chi connectivity index (χ0v) is 14.8. The number of aromatic amines is 2. The Bertz CT molecular complexity index is 964. The van der Waals surface area contributed by atoms with Crippen molar-refractivity contribution in [3.05, 3.63) is 51.2 Å². The number of pyridine rings is 1. The monoisotopic (exact) mass is 367 g/mol. The zero-order valence-electron chi connectivity index (χ0n) is 14.8. The Morgan fingerprint density at radius 2 is 1.74 bits per heavy atom. The third kappa shape index (κ3) is 3.27. The largest absolute Gasteiger partial charge is 0.344 e. The molecule has 3 N–H and O–H groups in total. The summed E-state index contributed by atoms with van der Waals surface area (Å²) in [6, 6.07) is 4.86. The van der Waals surface area contributed by atoms with Crippen LogP contribution in [0.5, 0.6) is 0 Å². The van der Waals surface area contributed by atoms with Crippen LogP contribution < -0.4 is 10.9 Å². The van der Waals surface area contributed by atoms with Crippen LogP contribution in [0.25, 0.3) is 0 Å². The summed E-state index contributed by atoms with van der Waals surface area (Å²) in [5.74, 6) is 0.514. The van der Waals surface area contributed by atoms with E-state index < -0.39 is 0 Å². The fraction of sp³-hybridized carbons (Fsp3) is 0.474. The Labute approximate surface area is 155 Å². The fourth-order valence-corrected chi connectivity index (χ4v) is 3.54. The van der Waals surface area contributed by atoms with Crippen LogP contribution in [0.2, 0.25) is 0 Å². The van der Waals surface area contributed by atoms with Crippen molar-refractivity contribution in [1.82, 2.24) is 25.4 Å². The van der Waals surface area contributed by atoms with Gasteiger partial charge in [-0.3, -0.25) is 19.5 Å². The summed E-state index contributed by atoms with van der Waals surface area (Å²) in [5, 5.41) is 9.91. The van der Waals surface area contributed by atoms with Gasteiger partial charge in [-0.05, 0) is 43.7 Å². The maximum absolute atomic E-state index is 12.6. The molecule has 2 saturated carbocycles. The Balaban J connectivity index is 1.18. The second kappa shape index (κ2) is 6.07. The van der Waals surface area contributed by atoms with Gasteiger partial charge in [-0.1, -0.05) is 0 Å². The highest BCUT2D eigenvalue weighted by atomic mass is 16.2. The number of aromatic nitrogens is 3. The molecule has 2 aromatic rings. The van der Waals surface area contributed by atoms with Crippen molar-refractivity contribution in [2.45, 2.75) is 43.6 Å². The molecule has 2 amide bonds. The maximum Gasteiger partial charge on any atom is 0.272 e.